The molecule has 0 bridgehead atoms. The monoisotopic (exact) mass is 284 g/mol. The largest absolute Gasteiger partial charge is 0.384 e. The van der Waals surface area contributed by atoms with Gasteiger partial charge in [0.15, 0.2) is 0 Å². The summed E-state index contributed by atoms with van der Waals surface area (Å²) in [5.74, 6) is 5.63. The number of nitrogens with zero attached hydrogens (tertiary/aromatic N) is 2. The molecule has 110 valence electrons. The third kappa shape index (κ3) is 5.69. The molecule has 1 amide bonds. The third-order valence-electron chi connectivity index (χ3n) is 2.81. The van der Waals surface area contributed by atoms with Gasteiger partial charge in [-0.15, -0.1) is 0 Å². The Morgan fingerprint density at radius 3 is 2.52 bits per heavy atom. The van der Waals surface area contributed by atoms with Gasteiger partial charge in [-0.3, -0.25) is 4.79 Å². The highest BCUT2D eigenvalue weighted by Gasteiger charge is 2.16. The van der Waals surface area contributed by atoms with Gasteiger partial charge < -0.3 is 10.0 Å². The summed E-state index contributed by atoms with van der Waals surface area (Å²) in [5.41, 5.74) is 1.34. The van der Waals surface area contributed by atoms with E-state index >= 15 is 0 Å². The molecular formula is C17H20N2O2. The lowest BCUT2D eigenvalue weighted by atomic mass is 10.1. The van der Waals surface area contributed by atoms with Gasteiger partial charge in [-0.1, -0.05) is 25.7 Å². The molecule has 1 aromatic rings. The van der Waals surface area contributed by atoms with Crippen LogP contribution in [-0.2, 0) is 0 Å². The Balaban J connectivity index is 2.85. The molecule has 0 aliphatic rings. The van der Waals surface area contributed by atoms with Crippen molar-refractivity contribution in [1.29, 1.82) is 5.26 Å². The molecule has 0 unspecified atom stereocenters. The molecule has 0 fully saturated rings. The summed E-state index contributed by atoms with van der Waals surface area (Å²) in [7, 11) is 0. The van der Waals surface area contributed by atoms with Gasteiger partial charge in [0.1, 0.15) is 6.61 Å². The summed E-state index contributed by atoms with van der Waals surface area (Å²) >= 11 is 0. The van der Waals surface area contributed by atoms with Crippen LogP contribution in [-0.4, -0.2) is 35.6 Å². The van der Waals surface area contributed by atoms with E-state index in [2.05, 4.69) is 17.9 Å². The van der Waals surface area contributed by atoms with Crippen LogP contribution >= 0.6 is 0 Å². The molecule has 0 radical (unpaired) electrons. The first-order valence-corrected chi connectivity index (χ1v) is 6.94. The van der Waals surface area contributed by atoms with Crippen LogP contribution in [0.15, 0.2) is 24.3 Å². The Bertz CT molecular complexity index is 559. The second-order valence-electron chi connectivity index (χ2n) is 5.09. The Morgan fingerprint density at radius 2 is 2.00 bits per heavy atom. The molecule has 0 aliphatic heterocycles. The lowest BCUT2D eigenvalue weighted by molar-refractivity contribution is 0.0740. The number of amides is 1. The minimum Gasteiger partial charge on any atom is -0.384 e. The standard InChI is InChI=1S/C17H20N2O2/c1-14(2)13-19(11-4-10-18)17(21)16-8-6-15(7-9-16)5-3-12-20/h6-9,14,20H,4,11-13H2,1-2H3. The molecule has 1 aromatic carbocycles. The van der Waals surface area contributed by atoms with Crippen LogP contribution in [0.1, 0.15) is 36.2 Å². The average Bonchev–Trinajstić information content (AvgIpc) is 2.49. The number of aliphatic hydroxyl groups excluding tert-OH is 1. The normalized spacial score (nSPS) is 9.67. The van der Waals surface area contributed by atoms with E-state index in [9.17, 15) is 4.79 Å². The maximum Gasteiger partial charge on any atom is 0.253 e. The smallest absolute Gasteiger partial charge is 0.253 e. The zero-order chi connectivity index (χ0) is 15.7. The van der Waals surface area contributed by atoms with Crippen LogP contribution in [0.2, 0.25) is 0 Å². The Kier molecular flexibility index (Phi) is 7.01. The number of carbonyl (C=O) groups is 1. The van der Waals surface area contributed by atoms with Crippen LogP contribution in [0.5, 0.6) is 0 Å². The molecule has 4 heteroatoms. The van der Waals surface area contributed by atoms with Crippen LogP contribution in [0, 0.1) is 29.1 Å². The fraction of sp³-hybridized carbons (Fsp3) is 0.412. The maximum absolute atomic E-state index is 12.5. The van der Waals surface area contributed by atoms with Crippen LogP contribution in [0.4, 0.5) is 0 Å². The van der Waals surface area contributed by atoms with Crippen molar-refractivity contribution in [3.8, 4) is 17.9 Å². The summed E-state index contributed by atoms with van der Waals surface area (Å²) in [6.45, 7) is 4.98. The predicted molar refractivity (Wildman–Crippen MR) is 81.4 cm³/mol. The van der Waals surface area contributed by atoms with Crippen molar-refractivity contribution in [3.63, 3.8) is 0 Å². The summed E-state index contributed by atoms with van der Waals surface area (Å²) in [6, 6.07) is 9.04. The van der Waals surface area contributed by atoms with Crippen LogP contribution in [0.3, 0.4) is 0 Å². The third-order valence-corrected chi connectivity index (χ3v) is 2.81. The minimum absolute atomic E-state index is 0.0689. The number of rotatable bonds is 5. The zero-order valence-corrected chi connectivity index (χ0v) is 12.5. The number of carbonyl (C=O) groups excluding carboxylic acids is 1. The molecule has 4 nitrogen and oxygen atoms in total. The van der Waals surface area contributed by atoms with Crippen molar-refractivity contribution in [2.45, 2.75) is 20.3 Å². The Morgan fingerprint density at radius 1 is 1.33 bits per heavy atom. The molecule has 0 saturated carbocycles. The maximum atomic E-state index is 12.5. The van der Waals surface area contributed by atoms with Crippen LogP contribution < -0.4 is 0 Å². The Hall–Kier alpha value is -2.30. The van der Waals surface area contributed by atoms with Crippen molar-refractivity contribution < 1.29 is 9.90 Å². The summed E-state index contributed by atoms with van der Waals surface area (Å²) in [6.07, 6.45) is 0.332. The second kappa shape index (κ2) is 8.79. The molecule has 1 rings (SSSR count). The van der Waals surface area contributed by atoms with Crippen molar-refractivity contribution >= 4 is 5.91 Å². The number of benzene rings is 1. The molecule has 0 atom stereocenters. The first-order chi connectivity index (χ1) is 10.1. The van der Waals surface area contributed by atoms with Gasteiger partial charge in [-0.25, -0.2) is 0 Å². The van der Waals surface area contributed by atoms with Gasteiger partial charge in [0, 0.05) is 24.2 Å². The topological polar surface area (TPSA) is 64.3 Å². The lowest BCUT2D eigenvalue weighted by Gasteiger charge is -2.23. The molecule has 0 heterocycles. The van der Waals surface area contributed by atoms with E-state index in [0.717, 1.165) is 5.56 Å². The molecule has 0 aliphatic carbocycles. The number of aliphatic hydroxyl groups is 1. The highest BCUT2D eigenvalue weighted by atomic mass is 16.2. The SMILES string of the molecule is CC(C)CN(CCC#N)C(=O)c1ccc(C#CCO)cc1. The average molecular weight is 284 g/mol. The van der Waals surface area contributed by atoms with E-state index < -0.39 is 0 Å². The summed E-state index contributed by atoms with van der Waals surface area (Å²) in [5, 5.41) is 17.3. The van der Waals surface area contributed by atoms with Gasteiger partial charge >= 0.3 is 0 Å². The highest BCUT2D eigenvalue weighted by molar-refractivity contribution is 5.94. The van der Waals surface area contributed by atoms with E-state index in [-0.39, 0.29) is 12.5 Å². The molecular weight excluding hydrogens is 264 g/mol. The molecule has 0 saturated heterocycles. The summed E-state index contributed by atoms with van der Waals surface area (Å²) < 4.78 is 0. The van der Waals surface area contributed by atoms with Gasteiger partial charge in [0.25, 0.3) is 5.91 Å². The van der Waals surface area contributed by atoms with Crippen molar-refractivity contribution in [2.24, 2.45) is 5.92 Å². The quantitative estimate of drug-likeness (QED) is 0.842. The Labute approximate surface area is 126 Å². The van der Waals surface area contributed by atoms with Crippen molar-refractivity contribution in [3.05, 3.63) is 35.4 Å². The minimum atomic E-state index is -0.184. The van der Waals surface area contributed by atoms with Gasteiger partial charge in [-0.2, -0.15) is 5.26 Å². The fourth-order valence-electron chi connectivity index (χ4n) is 1.92. The van der Waals surface area contributed by atoms with Crippen molar-refractivity contribution in [2.75, 3.05) is 19.7 Å². The van der Waals surface area contributed by atoms with Crippen LogP contribution in [0.25, 0.3) is 0 Å². The number of hydrogen-bond donors (Lipinski definition) is 1. The van der Waals surface area contributed by atoms with E-state index in [1.165, 1.54) is 0 Å². The van der Waals surface area contributed by atoms with E-state index in [1.807, 2.05) is 13.8 Å². The van der Waals surface area contributed by atoms with Gasteiger partial charge in [0.2, 0.25) is 0 Å². The van der Waals surface area contributed by atoms with E-state index in [4.69, 9.17) is 10.4 Å². The second-order valence-corrected chi connectivity index (χ2v) is 5.09. The first-order valence-electron chi connectivity index (χ1n) is 6.94. The molecule has 1 N–H and O–H groups in total. The number of hydrogen-bond acceptors (Lipinski definition) is 3. The van der Waals surface area contributed by atoms with E-state index in [1.54, 1.807) is 29.2 Å². The summed E-state index contributed by atoms with van der Waals surface area (Å²) in [4.78, 5) is 14.2. The van der Waals surface area contributed by atoms with Crippen molar-refractivity contribution in [1.82, 2.24) is 4.90 Å². The van der Waals surface area contributed by atoms with Gasteiger partial charge in [-0.05, 0) is 30.2 Å². The number of nitriles is 1. The van der Waals surface area contributed by atoms with E-state index in [0.29, 0.717) is 31.0 Å². The fourth-order valence-corrected chi connectivity index (χ4v) is 1.92. The van der Waals surface area contributed by atoms with Gasteiger partial charge in [0.05, 0.1) is 12.5 Å². The lowest BCUT2D eigenvalue weighted by Crippen LogP contribution is -2.35. The zero-order valence-electron chi connectivity index (χ0n) is 12.5. The highest BCUT2D eigenvalue weighted by Crippen LogP contribution is 2.10. The molecule has 0 spiro atoms. The molecule has 0 aromatic heterocycles. The first kappa shape index (κ1) is 16.8. The molecule has 21 heavy (non-hydrogen) atoms. The predicted octanol–water partition coefficient (Wildman–Crippen LogP) is 2.04.